The van der Waals surface area contributed by atoms with Crippen LogP contribution in [0.5, 0.6) is 11.5 Å². The minimum absolute atomic E-state index is 0.0396. The zero-order valence-corrected chi connectivity index (χ0v) is 13.5. The molecule has 6 nitrogen and oxygen atoms in total. The Morgan fingerprint density at radius 3 is 3.04 bits per heavy atom. The summed E-state index contributed by atoms with van der Waals surface area (Å²) in [6.45, 7) is 3.72. The van der Waals surface area contributed by atoms with E-state index >= 15 is 0 Å². The molecule has 1 atom stereocenters. The first-order valence-electron chi connectivity index (χ1n) is 7.43. The summed E-state index contributed by atoms with van der Waals surface area (Å²) in [5.74, 6) is 1.25. The minimum atomic E-state index is -0.147. The lowest BCUT2D eigenvalue weighted by Gasteiger charge is -2.34. The number of thiazole rings is 1. The molecule has 0 N–H and O–H groups in total. The molecule has 0 bridgehead atoms. The zero-order chi connectivity index (χ0) is 15.8. The number of rotatable bonds is 2. The Morgan fingerprint density at radius 1 is 1.35 bits per heavy atom. The van der Waals surface area contributed by atoms with Crippen molar-refractivity contribution in [1.82, 2.24) is 9.88 Å². The molecular formula is C16H16N2O4S. The monoisotopic (exact) mass is 332 g/mol. The molecule has 0 spiro atoms. The van der Waals surface area contributed by atoms with Crippen molar-refractivity contribution in [2.45, 2.75) is 13.0 Å². The number of benzene rings is 1. The molecule has 120 valence electrons. The van der Waals surface area contributed by atoms with Crippen molar-refractivity contribution < 1.29 is 19.0 Å². The molecule has 7 heteroatoms. The molecule has 0 aliphatic carbocycles. The fourth-order valence-electron chi connectivity index (χ4n) is 2.82. The van der Waals surface area contributed by atoms with Crippen molar-refractivity contribution in [3.05, 3.63) is 39.8 Å². The van der Waals surface area contributed by atoms with Crippen molar-refractivity contribution >= 4 is 17.2 Å². The second-order valence-electron chi connectivity index (χ2n) is 5.45. The van der Waals surface area contributed by atoms with Crippen LogP contribution in [0.3, 0.4) is 0 Å². The first-order valence-corrected chi connectivity index (χ1v) is 8.31. The summed E-state index contributed by atoms with van der Waals surface area (Å²) in [6, 6.07) is 5.14. The van der Waals surface area contributed by atoms with Crippen molar-refractivity contribution in [3.8, 4) is 11.5 Å². The summed E-state index contributed by atoms with van der Waals surface area (Å²) < 4.78 is 16.2. The highest BCUT2D eigenvalue weighted by Gasteiger charge is 2.31. The van der Waals surface area contributed by atoms with E-state index in [9.17, 15) is 4.79 Å². The summed E-state index contributed by atoms with van der Waals surface area (Å²) in [5.41, 5.74) is 1.48. The second kappa shape index (κ2) is 5.82. The van der Waals surface area contributed by atoms with Crippen molar-refractivity contribution in [2.75, 3.05) is 26.6 Å². The van der Waals surface area contributed by atoms with Crippen LogP contribution in [0.4, 0.5) is 0 Å². The van der Waals surface area contributed by atoms with Crippen LogP contribution in [0.2, 0.25) is 0 Å². The highest BCUT2D eigenvalue weighted by atomic mass is 32.1. The molecule has 1 saturated heterocycles. The van der Waals surface area contributed by atoms with Crippen LogP contribution >= 0.6 is 11.3 Å². The Labute approximate surface area is 137 Å². The van der Waals surface area contributed by atoms with Gasteiger partial charge in [0.1, 0.15) is 0 Å². The summed E-state index contributed by atoms with van der Waals surface area (Å²) in [7, 11) is 0. The van der Waals surface area contributed by atoms with E-state index in [-0.39, 0.29) is 18.7 Å². The van der Waals surface area contributed by atoms with Crippen LogP contribution in [0.1, 0.15) is 27.1 Å². The van der Waals surface area contributed by atoms with Gasteiger partial charge in [-0.15, -0.1) is 11.3 Å². The normalized spacial score (nSPS) is 19.9. The number of carbonyl (C=O) groups excluding carboxylic acids is 1. The highest BCUT2D eigenvalue weighted by Crippen LogP contribution is 2.34. The standard InChI is InChI=1S/C16H16N2O4S/c1-10-17-12(8-23-10)13-7-20-5-4-18(13)16(19)11-2-3-14-15(6-11)22-9-21-14/h2-3,6,8,13H,4-5,7,9H2,1H3/t13-/m1/s1. The lowest BCUT2D eigenvalue weighted by atomic mass is 10.1. The van der Waals surface area contributed by atoms with Gasteiger partial charge in [0, 0.05) is 17.5 Å². The molecule has 2 aliphatic rings. The smallest absolute Gasteiger partial charge is 0.254 e. The van der Waals surface area contributed by atoms with Crippen molar-refractivity contribution in [2.24, 2.45) is 0 Å². The largest absolute Gasteiger partial charge is 0.454 e. The average Bonchev–Trinajstić information content (AvgIpc) is 3.22. The maximum Gasteiger partial charge on any atom is 0.254 e. The lowest BCUT2D eigenvalue weighted by Crippen LogP contribution is -2.43. The molecule has 2 aromatic rings. The molecule has 1 fully saturated rings. The third-order valence-electron chi connectivity index (χ3n) is 3.99. The van der Waals surface area contributed by atoms with Crippen LogP contribution in [-0.2, 0) is 4.74 Å². The van der Waals surface area contributed by atoms with Gasteiger partial charge >= 0.3 is 0 Å². The van der Waals surface area contributed by atoms with E-state index in [1.54, 1.807) is 29.5 Å². The van der Waals surface area contributed by atoms with E-state index in [1.165, 1.54) is 0 Å². The predicted molar refractivity (Wildman–Crippen MR) is 84.0 cm³/mol. The number of fused-ring (bicyclic) bond motifs is 1. The van der Waals surface area contributed by atoms with Gasteiger partial charge in [-0.25, -0.2) is 4.98 Å². The van der Waals surface area contributed by atoms with E-state index in [1.807, 2.05) is 17.2 Å². The Hall–Kier alpha value is -2.12. The number of aromatic nitrogens is 1. The number of morpholine rings is 1. The van der Waals surface area contributed by atoms with Crippen LogP contribution in [0.15, 0.2) is 23.6 Å². The van der Waals surface area contributed by atoms with Gasteiger partial charge in [0.15, 0.2) is 11.5 Å². The first kappa shape index (κ1) is 14.5. The van der Waals surface area contributed by atoms with Gasteiger partial charge in [0.25, 0.3) is 5.91 Å². The summed E-state index contributed by atoms with van der Waals surface area (Å²) in [5, 5.41) is 2.98. The fourth-order valence-corrected chi connectivity index (χ4v) is 3.48. The third kappa shape index (κ3) is 2.66. The first-order chi connectivity index (χ1) is 11.2. The van der Waals surface area contributed by atoms with Crippen molar-refractivity contribution in [3.63, 3.8) is 0 Å². The molecule has 0 unspecified atom stereocenters. The molecule has 1 amide bonds. The molecule has 0 radical (unpaired) electrons. The van der Waals surface area contributed by atoms with Crippen LogP contribution in [0.25, 0.3) is 0 Å². The van der Waals surface area contributed by atoms with Gasteiger partial charge in [-0.1, -0.05) is 0 Å². The molecule has 4 rings (SSSR count). The summed E-state index contributed by atoms with van der Waals surface area (Å²) >= 11 is 1.58. The molecule has 1 aromatic carbocycles. The summed E-state index contributed by atoms with van der Waals surface area (Å²) in [4.78, 5) is 19.3. The summed E-state index contributed by atoms with van der Waals surface area (Å²) in [6.07, 6.45) is 0. The van der Waals surface area contributed by atoms with Crippen molar-refractivity contribution in [1.29, 1.82) is 0 Å². The number of nitrogens with zero attached hydrogens (tertiary/aromatic N) is 2. The second-order valence-corrected chi connectivity index (χ2v) is 6.51. The van der Waals surface area contributed by atoms with Gasteiger partial charge in [0.2, 0.25) is 6.79 Å². The number of aryl methyl sites for hydroxylation is 1. The number of amides is 1. The SMILES string of the molecule is Cc1nc([C@H]2COCCN2C(=O)c2ccc3c(c2)OCO3)cs1. The van der Waals surface area contributed by atoms with E-state index in [0.717, 1.165) is 10.7 Å². The van der Waals surface area contributed by atoms with Gasteiger partial charge in [0.05, 0.1) is 30.0 Å². The van der Waals surface area contributed by atoms with E-state index in [0.29, 0.717) is 36.8 Å². The Kier molecular flexibility index (Phi) is 3.66. The molecular weight excluding hydrogens is 316 g/mol. The van der Waals surface area contributed by atoms with Gasteiger partial charge in [-0.2, -0.15) is 0 Å². The lowest BCUT2D eigenvalue weighted by molar-refractivity contribution is -0.00377. The number of carbonyl (C=O) groups is 1. The Morgan fingerprint density at radius 2 is 2.22 bits per heavy atom. The Bertz CT molecular complexity index is 745. The number of hydrogen-bond donors (Lipinski definition) is 0. The van der Waals surface area contributed by atoms with Crippen LogP contribution < -0.4 is 9.47 Å². The molecule has 23 heavy (non-hydrogen) atoms. The van der Waals surface area contributed by atoms with Crippen LogP contribution in [0, 0.1) is 6.92 Å². The fraction of sp³-hybridized carbons (Fsp3) is 0.375. The average molecular weight is 332 g/mol. The predicted octanol–water partition coefficient (Wildman–Crippen LogP) is 2.39. The molecule has 2 aliphatic heterocycles. The maximum atomic E-state index is 12.9. The topological polar surface area (TPSA) is 60.9 Å². The van der Waals surface area contributed by atoms with Gasteiger partial charge in [-0.05, 0) is 25.1 Å². The third-order valence-corrected chi connectivity index (χ3v) is 4.78. The maximum absolute atomic E-state index is 12.9. The van der Waals surface area contributed by atoms with E-state index in [4.69, 9.17) is 14.2 Å². The molecule has 0 saturated carbocycles. The highest BCUT2D eigenvalue weighted by molar-refractivity contribution is 7.09. The van der Waals surface area contributed by atoms with Gasteiger partial charge < -0.3 is 19.1 Å². The zero-order valence-electron chi connectivity index (χ0n) is 12.7. The number of hydrogen-bond acceptors (Lipinski definition) is 6. The Balaban J connectivity index is 1.62. The van der Waals surface area contributed by atoms with Gasteiger partial charge in [-0.3, -0.25) is 4.79 Å². The van der Waals surface area contributed by atoms with E-state index in [2.05, 4.69) is 4.98 Å². The number of ether oxygens (including phenoxy) is 3. The molecule has 1 aromatic heterocycles. The minimum Gasteiger partial charge on any atom is -0.454 e. The van der Waals surface area contributed by atoms with E-state index < -0.39 is 0 Å². The molecule has 3 heterocycles. The van der Waals surface area contributed by atoms with Crippen LogP contribution in [-0.4, -0.2) is 42.3 Å². The quantitative estimate of drug-likeness (QED) is 0.845.